The van der Waals surface area contributed by atoms with Crippen LogP contribution in [0.4, 0.5) is 0 Å². The molecule has 0 bridgehead atoms. The molecule has 2 N–H and O–H groups in total. The zero-order valence-corrected chi connectivity index (χ0v) is 19.0. The number of imidazole rings is 1. The molecule has 2 aromatic heterocycles. The maximum Gasteiger partial charge on any atom is 0.193 e. The molecule has 0 aliphatic rings. The van der Waals surface area contributed by atoms with Crippen molar-refractivity contribution in [2.75, 3.05) is 13.2 Å². The molecule has 0 fully saturated rings. The van der Waals surface area contributed by atoms with E-state index in [1.165, 1.54) is 5.56 Å². The summed E-state index contributed by atoms with van der Waals surface area (Å²) in [4.78, 5) is 10.3. The molecule has 0 radical (unpaired) electrons. The Morgan fingerprint density at radius 2 is 2.15 bits per heavy atom. The summed E-state index contributed by atoms with van der Waals surface area (Å²) >= 11 is 1.63. The number of hydrogen-bond donors (Lipinski definition) is 2. The average molecular weight is 499 g/mol. The molecule has 0 atom stereocenters. The summed E-state index contributed by atoms with van der Waals surface area (Å²) in [6.45, 7) is 8.76. The maximum atomic E-state index is 5.74. The second kappa shape index (κ2) is 10.5. The minimum Gasteiger partial charge on any atom is -0.494 e. The van der Waals surface area contributed by atoms with Crippen LogP contribution in [0.15, 0.2) is 41.0 Å². The first-order valence-electron chi connectivity index (χ1n) is 8.85. The van der Waals surface area contributed by atoms with Crippen molar-refractivity contribution in [3.8, 4) is 5.75 Å². The van der Waals surface area contributed by atoms with Gasteiger partial charge in [-0.25, -0.2) is 9.98 Å². The van der Waals surface area contributed by atoms with Gasteiger partial charge < -0.3 is 15.4 Å². The SMILES string of the molecule is CCNC(=NCc1ccc(C)cc1OCC)NCc1cn2ccsc2n1.I. The van der Waals surface area contributed by atoms with Crippen molar-refractivity contribution in [2.45, 2.75) is 33.9 Å². The van der Waals surface area contributed by atoms with E-state index >= 15 is 0 Å². The highest BCUT2D eigenvalue weighted by Gasteiger charge is 2.06. The first-order chi connectivity index (χ1) is 12.7. The number of guanidine groups is 1. The van der Waals surface area contributed by atoms with E-state index in [-0.39, 0.29) is 24.0 Å². The van der Waals surface area contributed by atoms with Gasteiger partial charge in [-0.3, -0.25) is 4.40 Å². The lowest BCUT2D eigenvalue weighted by molar-refractivity contribution is 0.336. The Morgan fingerprint density at radius 3 is 2.89 bits per heavy atom. The summed E-state index contributed by atoms with van der Waals surface area (Å²) in [6, 6.07) is 6.23. The summed E-state index contributed by atoms with van der Waals surface area (Å²) in [6.07, 6.45) is 4.05. The smallest absolute Gasteiger partial charge is 0.193 e. The van der Waals surface area contributed by atoms with Gasteiger partial charge in [0.15, 0.2) is 10.9 Å². The first-order valence-corrected chi connectivity index (χ1v) is 9.73. The van der Waals surface area contributed by atoms with Crippen molar-refractivity contribution in [3.05, 3.63) is 52.8 Å². The molecule has 0 aliphatic carbocycles. The summed E-state index contributed by atoms with van der Waals surface area (Å²) in [5.41, 5.74) is 3.26. The Labute approximate surface area is 181 Å². The van der Waals surface area contributed by atoms with E-state index in [0.29, 0.717) is 19.7 Å². The molecule has 8 heteroatoms. The summed E-state index contributed by atoms with van der Waals surface area (Å²) < 4.78 is 7.78. The van der Waals surface area contributed by atoms with E-state index in [1.54, 1.807) is 11.3 Å². The zero-order valence-electron chi connectivity index (χ0n) is 15.9. The fraction of sp³-hybridized carbons (Fsp3) is 0.368. The van der Waals surface area contributed by atoms with E-state index in [1.807, 2.05) is 29.1 Å². The molecular formula is C19H26IN5OS. The van der Waals surface area contributed by atoms with Crippen molar-refractivity contribution in [1.82, 2.24) is 20.0 Å². The molecule has 6 nitrogen and oxygen atoms in total. The highest BCUT2D eigenvalue weighted by atomic mass is 127. The van der Waals surface area contributed by atoms with Crippen LogP contribution in [0, 0.1) is 6.92 Å². The molecular weight excluding hydrogens is 473 g/mol. The summed E-state index contributed by atoms with van der Waals surface area (Å²) in [5, 5.41) is 8.66. The highest BCUT2D eigenvalue weighted by molar-refractivity contribution is 14.0. The fourth-order valence-electron chi connectivity index (χ4n) is 2.62. The van der Waals surface area contributed by atoms with Crippen molar-refractivity contribution >= 4 is 46.2 Å². The molecule has 0 spiro atoms. The van der Waals surface area contributed by atoms with Crippen LogP contribution < -0.4 is 15.4 Å². The van der Waals surface area contributed by atoms with Gasteiger partial charge in [0.1, 0.15) is 5.75 Å². The van der Waals surface area contributed by atoms with Crippen molar-refractivity contribution < 1.29 is 4.74 Å². The van der Waals surface area contributed by atoms with Crippen LogP contribution in [-0.4, -0.2) is 28.5 Å². The standard InChI is InChI=1S/C19H25N5OS.HI/c1-4-20-18(22-12-16-13-24-8-9-26-19(24)23-16)21-11-15-7-6-14(3)10-17(15)25-5-2;/h6-10,13H,4-5,11-12H2,1-3H3,(H2,20,21,22);1H. The topological polar surface area (TPSA) is 63.0 Å². The molecule has 27 heavy (non-hydrogen) atoms. The van der Waals surface area contributed by atoms with Gasteiger partial charge in [0.2, 0.25) is 0 Å². The van der Waals surface area contributed by atoms with E-state index in [4.69, 9.17) is 9.73 Å². The van der Waals surface area contributed by atoms with E-state index in [9.17, 15) is 0 Å². The average Bonchev–Trinajstić information content (AvgIpc) is 3.20. The third kappa shape index (κ3) is 5.83. The van der Waals surface area contributed by atoms with E-state index < -0.39 is 0 Å². The fourth-order valence-corrected chi connectivity index (χ4v) is 3.34. The quantitative estimate of drug-likeness (QED) is 0.294. The Balaban J connectivity index is 0.00000261. The number of halogens is 1. The van der Waals surface area contributed by atoms with Crippen LogP contribution in [0.25, 0.3) is 4.96 Å². The minimum atomic E-state index is 0. The molecule has 0 aliphatic heterocycles. The number of hydrogen-bond acceptors (Lipinski definition) is 4. The zero-order chi connectivity index (χ0) is 18.4. The molecule has 0 unspecified atom stereocenters. The third-order valence-electron chi connectivity index (χ3n) is 3.85. The normalized spacial score (nSPS) is 11.3. The van der Waals surface area contributed by atoms with Crippen molar-refractivity contribution in [1.29, 1.82) is 0 Å². The molecule has 0 amide bonds. The highest BCUT2D eigenvalue weighted by Crippen LogP contribution is 2.21. The van der Waals surface area contributed by atoms with Gasteiger partial charge in [0, 0.05) is 29.9 Å². The van der Waals surface area contributed by atoms with Gasteiger partial charge in [0.05, 0.1) is 25.4 Å². The maximum absolute atomic E-state index is 5.74. The van der Waals surface area contributed by atoms with Crippen LogP contribution in [0.5, 0.6) is 5.75 Å². The molecule has 2 heterocycles. The number of fused-ring (bicyclic) bond motifs is 1. The van der Waals surface area contributed by atoms with Crippen molar-refractivity contribution in [3.63, 3.8) is 0 Å². The van der Waals surface area contributed by atoms with Crippen LogP contribution in [0.2, 0.25) is 0 Å². The van der Waals surface area contributed by atoms with Crippen LogP contribution >= 0.6 is 35.3 Å². The van der Waals surface area contributed by atoms with Gasteiger partial charge >= 0.3 is 0 Å². The third-order valence-corrected chi connectivity index (χ3v) is 4.63. The van der Waals surface area contributed by atoms with Crippen LogP contribution in [0.1, 0.15) is 30.7 Å². The Hall–Kier alpha value is -1.81. The predicted molar refractivity (Wildman–Crippen MR) is 122 cm³/mol. The second-order valence-corrected chi connectivity index (χ2v) is 6.79. The first kappa shape index (κ1) is 21.5. The Morgan fingerprint density at radius 1 is 1.30 bits per heavy atom. The monoisotopic (exact) mass is 499 g/mol. The minimum absolute atomic E-state index is 0. The number of rotatable bonds is 7. The largest absolute Gasteiger partial charge is 0.494 e. The molecule has 0 saturated carbocycles. The van der Waals surface area contributed by atoms with Crippen LogP contribution in [0.3, 0.4) is 0 Å². The summed E-state index contributed by atoms with van der Waals surface area (Å²) in [7, 11) is 0. The number of thiazole rings is 1. The molecule has 1 aromatic carbocycles. The number of aromatic nitrogens is 2. The van der Waals surface area contributed by atoms with Gasteiger partial charge in [0.25, 0.3) is 0 Å². The summed E-state index contributed by atoms with van der Waals surface area (Å²) in [5.74, 6) is 1.67. The van der Waals surface area contributed by atoms with Gasteiger partial charge in [-0.15, -0.1) is 35.3 Å². The number of aryl methyl sites for hydroxylation is 1. The van der Waals surface area contributed by atoms with E-state index in [0.717, 1.165) is 34.5 Å². The lowest BCUT2D eigenvalue weighted by Crippen LogP contribution is -2.36. The van der Waals surface area contributed by atoms with Gasteiger partial charge in [-0.1, -0.05) is 12.1 Å². The van der Waals surface area contributed by atoms with Crippen LogP contribution in [-0.2, 0) is 13.1 Å². The number of ether oxygens (including phenoxy) is 1. The van der Waals surface area contributed by atoms with Gasteiger partial charge in [-0.05, 0) is 32.4 Å². The lowest BCUT2D eigenvalue weighted by atomic mass is 10.1. The van der Waals surface area contributed by atoms with Gasteiger partial charge in [-0.2, -0.15) is 0 Å². The molecule has 146 valence electrons. The number of benzene rings is 1. The Kier molecular flexibility index (Phi) is 8.36. The number of aliphatic imine (C=N–C) groups is 1. The number of nitrogens with zero attached hydrogens (tertiary/aromatic N) is 3. The van der Waals surface area contributed by atoms with Crippen molar-refractivity contribution in [2.24, 2.45) is 4.99 Å². The number of nitrogens with one attached hydrogen (secondary N) is 2. The lowest BCUT2D eigenvalue weighted by Gasteiger charge is -2.12. The second-order valence-electron chi connectivity index (χ2n) is 5.92. The predicted octanol–water partition coefficient (Wildman–Crippen LogP) is 3.98. The van der Waals surface area contributed by atoms with E-state index in [2.05, 4.69) is 47.7 Å². The molecule has 0 saturated heterocycles. The Bertz CT molecular complexity index is 861. The molecule has 3 rings (SSSR count). The molecule has 3 aromatic rings.